The third kappa shape index (κ3) is 3.29. The van der Waals surface area contributed by atoms with E-state index in [2.05, 4.69) is 5.32 Å². The highest BCUT2D eigenvalue weighted by molar-refractivity contribution is 5.91. The average molecular weight is 324 g/mol. The Balaban J connectivity index is 1.96. The molecule has 1 aromatic carbocycles. The fourth-order valence-corrected chi connectivity index (χ4v) is 2.49. The lowest BCUT2D eigenvalue weighted by molar-refractivity contribution is -0.139. The number of aliphatic hydroxyl groups is 1. The minimum atomic E-state index is -1.49. The van der Waals surface area contributed by atoms with Gasteiger partial charge in [-0.25, -0.2) is 9.18 Å². The summed E-state index contributed by atoms with van der Waals surface area (Å²) < 4.78 is 18.1. The monoisotopic (exact) mass is 324 g/mol. The second-order valence-electron chi connectivity index (χ2n) is 5.93. The summed E-state index contributed by atoms with van der Waals surface area (Å²) in [5.74, 6) is -0.733. The molecule has 2 amide bonds. The second kappa shape index (κ2) is 6.16. The van der Waals surface area contributed by atoms with Gasteiger partial charge in [0.1, 0.15) is 5.82 Å². The molecule has 23 heavy (non-hydrogen) atoms. The van der Waals surface area contributed by atoms with E-state index >= 15 is 0 Å². The molecular weight excluding hydrogens is 303 g/mol. The summed E-state index contributed by atoms with van der Waals surface area (Å²) in [5, 5.41) is 13.2. The molecule has 0 aromatic heterocycles. The number of hydrogen-bond donors (Lipinski definition) is 2. The molecule has 0 aliphatic carbocycles. The van der Waals surface area contributed by atoms with Crippen LogP contribution >= 0.6 is 0 Å². The van der Waals surface area contributed by atoms with Crippen LogP contribution in [0.5, 0.6) is 0 Å². The number of cyclic esters (lactones) is 1. The first-order valence-corrected chi connectivity index (χ1v) is 7.48. The molecule has 0 radical (unpaired) electrons. The van der Waals surface area contributed by atoms with Crippen molar-refractivity contribution in [1.29, 1.82) is 0 Å². The van der Waals surface area contributed by atoms with Crippen LogP contribution in [-0.2, 0) is 9.53 Å². The van der Waals surface area contributed by atoms with Crippen molar-refractivity contribution in [3.8, 4) is 0 Å². The number of nitrogens with zero attached hydrogens (tertiary/aromatic N) is 1. The number of benzene rings is 1. The second-order valence-corrected chi connectivity index (χ2v) is 5.93. The molecule has 2 rings (SSSR count). The van der Waals surface area contributed by atoms with Gasteiger partial charge in [0.25, 0.3) is 0 Å². The summed E-state index contributed by atoms with van der Waals surface area (Å²) in [6.07, 6.45) is -0.208. The first-order chi connectivity index (χ1) is 10.7. The molecule has 1 aliphatic heterocycles. The van der Waals surface area contributed by atoms with Crippen molar-refractivity contribution in [2.45, 2.75) is 44.9 Å². The molecule has 2 N–H and O–H groups in total. The first-order valence-electron chi connectivity index (χ1n) is 7.48. The summed E-state index contributed by atoms with van der Waals surface area (Å²) in [5.41, 5.74) is -2.04. The van der Waals surface area contributed by atoms with Gasteiger partial charge >= 0.3 is 6.09 Å². The van der Waals surface area contributed by atoms with Gasteiger partial charge in [-0.15, -0.1) is 0 Å². The largest absolute Gasteiger partial charge is 0.438 e. The fraction of sp³-hybridized carbons (Fsp3) is 0.500. The number of carbonyl (C=O) groups is 2. The number of amides is 2. The van der Waals surface area contributed by atoms with E-state index in [4.69, 9.17) is 4.74 Å². The maximum Gasteiger partial charge on any atom is 0.412 e. The normalized spacial score (nSPS) is 27.0. The van der Waals surface area contributed by atoms with Crippen LogP contribution in [0.1, 0.15) is 33.6 Å². The van der Waals surface area contributed by atoms with Crippen LogP contribution < -0.4 is 5.32 Å². The lowest BCUT2D eigenvalue weighted by Crippen LogP contribution is -2.55. The van der Waals surface area contributed by atoms with Gasteiger partial charge in [-0.2, -0.15) is 0 Å². The van der Waals surface area contributed by atoms with E-state index in [1.807, 2.05) is 6.92 Å². The fourth-order valence-electron chi connectivity index (χ4n) is 2.49. The molecular formula is C16H21FN2O4. The van der Waals surface area contributed by atoms with Crippen molar-refractivity contribution >= 4 is 17.7 Å². The minimum Gasteiger partial charge on any atom is -0.438 e. The summed E-state index contributed by atoms with van der Waals surface area (Å²) in [4.78, 5) is 25.0. The Bertz CT molecular complexity index is 603. The first kappa shape index (κ1) is 17.2. The van der Waals surface area contributed by atoms with E-state index in [9.17, 15) is 19.1 Å². The Kier molecular flexibility index (Phi) is 4.61. The van der Waals surface area contributed by atoms with Crippen molar-refractivity contribution in [1.82, 2.24) is 4.90 Å². The Labute approximate surface area is 134 Å². The van der Waals surface area contributed by atoms with E-state index in [1.54, 1.807) is 6.92 Å². The van der Waals surface area contributed by atoms with Gasteiger partial charge < -0.3 is 15.2 Å². The quantitative estimate of drug-likeness (QED) is 0.872. The van der Waals surface area contributed by atoms with E-state index in [-0.39, 0.29) is 18.9 Å². The SMILES string of the molecule is CC[C@]1(C)OC(=O)N(CCC(=O)Nc2ccc(F)cc2)[C@]1(C)O. The topological polar surface area (TPSA) is 78.9 Å². The predicted octanol–water partition coefficient (Wildman–Crippen LogP) is 2.48. The maximum absolute atomic E-state index is 12.8. The Morgan fingerprint density at radius 3 is 2.48 bits per heavy atom. The van der Waals surface area contributed by atoms with Crippen molar-refractivity contribution in [3.05, 3.63) is 30.1 Å². The molecule has 0 spiro atoms. The highest BCUT2D eigenvalue weighted by atomic mass is 19.1. The number of ether oxygens (including phenoxy) is 1. The number of carbonyl (C=O) groups excluding carboxylic acids is 2. The third-order valence-electron chi connectivity index (χ3n) is 4.43. The minimum absolute atomic E-state index is 0.0115. The molecule has 1 heterocycles. The molecule has 1 aromatic rings. The number of hydrogen-bond acceptors (Lipinski definition) is 4. The molecule has 7 heteroatoms. The molecule has 0 bridgehead atoms. The van der Waals surface area contributed by atoms with Crippen LogP contribution in [0.25, 0.3) is 0 Å². The number of anilines is 1. The standard InChI is InChI=1S/C16H21FN2O4/c1-4-15(2)16(3,22)19(14(21)23-15)10-9-13(20)18-12-7-5-11(17)6-8-12/h5-8,22H,4,9-10H2,1-3H3,(H,18,20)/t15-,16+/m0/s1. The summed E-state index contributed by atoms with van der Waals surface area (Å²) >= 11 is 0. The number of halogens is 1. The van der Waals surface area contributed by atoms with Gasteiger partial charge in [-0.1, -0.05) is 6.92 Å². The molecule has 6 nitrogen and oxygen atoms in total. The molecule has 1 saturated heterocycles. The Morgan fingerprint density at radius 2 is 1.96 bits per heavy atom. The van der Waals surface area contributed by atoms with Crippen molar-refractivity contribution in [3.63, 3.8) is 0 Å². The van der Waals surface area contributed by atoms with Crippen molar-refractivity contribution < 1.29 is 23.8 Å². The molecule has 0 unspecified atom stereocenters. The van der Waals surface area contributed by atoms with Crippen LogP contribution in [0.2, 0.25) is 0 Å². The zero-order valence-corrected chi connectivity index (χ0v) is 13.4. The van der Waals surface area contributed by atoms with E-state index in [0.29, 0.717) is 12.1 Å². The lowest BCUT2D eigenvalue weighted by atomic mass is 9.91. The zero-order chi connectivity index (χ0) is 17.3. The van der Waals surface area contributed by atoms with Crippen LogP contribution in [-0.4, -0.2) is 39.9 Å². The predicted molar refractivity (Wildman–Crippen MR) is 82.2 cm³/mol. The molecule has 2 atom stereocenters. The van der Waals surface area contributed by atoms with E-state index in [0.717, 1.165) is 4.90 Å². The van der Waals surface area contributed by atoms with Gasteiger partial charge in [0.2, 0.25) is 5.91 Å². The number of nitrogens with one attached hydrogen (secondary N) is 1. The summed E-state index contributed by atoms with van der Waals surface area (Å²) in [7, 11) is 0. The maximum atomic E-state index is 12.8. The zero-order valence-electron chi connectivity index (χ0n) is 13.4. The van der Waals surface area contributed by atoms with E-state index < -0.39 is 23.2 Å². The molecule has 126 valence electrons. The molecule has 1 aliphatic rings. The van der Waals surface area contributed by atoms with Crippen LogP contribution in [0.4, 0.5) is 14.9 Å². The number of rotatable bonds is 5. The molecule has 1 fully saturated rings. The third-order valence-corrected chi connectivity index (χ3v) is 4.43. The van der Waals surface area contributed by atoms with Crippen LogP contribution in [0, 0.1) is 5.82 Å². The van der Waals surface area contributed by atoms with Crippen molar-refractivity contribution in [2.75, 3.05) is 11.9 Å². The Hall–Kier alpha value is -2.15. The Morgan fingerprint density at radius 1 is 1.35 bits per heavy atom. The van der Waals surface area contributed by atoms with Crippen LogP contribution in [0.15, 0.2) is 24.3 Å². The van der Waals surface area contributed by atoms with Crippen LogP contribution in [0.3, 0.4) is 0 Å². The lowest BCUT2D eigenvalue weighted by Gasteiger charge is -2.36. The summed E-state index contributed by atoms with van der Waals surface area (Å²) in [6, 6.07) is 5.37. The van der Waals surface area contributed by atoms with Gasteiger partial charge in [0, 0.05) is 18.7 Å². The van der Waals surface area contributed by atoms with Crippen molar-refractivity contribution in [2.24, 2.45) is 0 Å². The van der Waals surface area contributed by atoms with Gasteiger partial charge in [-0.05, 0) is 44.5 Å². The molecule has 0 saturated carbocycles. The van der Waals surface area contributed by atoms with Gasteiger partial charge in [0.05, 0.1) is 0 Å². The van der Waals surface area contributed by atoms with Gasteiger partial charge in [-0.3, -0.25) is 9.69 Å². The van der Waals surface area contributed by atoms with Gasteiger partial charge in [0.15, 0.2) is 11.3 Å². The highest BCUT2D eigenvalue weighted by Crippen LogP contribution is 2.39. The smallest absolute Gasteiger partial charge is 0.412 e. The average Bonchev–Trinajstić information content (AvgIpc) is 2.65. The highest BCUT2D eigenvalue weighted by Gasteiger charge is 2.58. The summed E-state index contributed by atoms with van der Waals surface area (Å²) in [6.45, 7) is 4.99. The van der Waals surface area contributed by atoms with E-state index in [1.165, 1.54) is 31.2 Å².